The molecule has 0 aromatic heterocycles. The van der Waals surface area contributed by atoms with E-state index in [2.05, 4.69) is 153 Å². The number of halogens is 8. The Morgan fingerprint density at radius 1 is 0.543 bits per heavy atom. The van der Waals surface area contributed by atoms with Crippen LogP contribution in [0.4, 0.5) is 25.2 Å². The van der Waals surface area contributed by atoms with E-state index in [-0.39, 0.29) is 27.1 Å². The monoisotopic (exact) mass is 1660 g/mol. The molecule has 22 heteroatoms. The molecular formula is C83H100Cl2F6N2O6P3RuS2+. The Bertz CT molecular complexity index is 4160. The first kappa shape index (κ1) is 85.0. The Morgan fingerprint density at radius 2 is 0.924 bits per heavy atom. The van der Waals surface area contributed by atoms with E-state index >= 15 is 0 Å². The van der Waals surface area contributed by atoms with E-state index in [0.717, 1.165) is 39.3 Å². The molecule has 1 aliphatic heterocycles. The Morgan fingerprint density at radius 3 is 1.30 bits per heavy atom. The zero-order valence-electron chi connectivity index (χ0n) is 60.3. The fourth-order valence-corrected chi connectivity index (χ4v) is 28.0. The van der Waals surface area contributed by atoms with Crippen LogP contribution in [0.25, 0.3) is 11.1 Å². The number of nitrogens with zero attached hydrogens (tertiary/aromatic N) is 2. The van der Waals surface area contributed by atoms with Crippen LogP contribution in [0.2, 0.25) is 0 Å². The normalized spacial score (nSPS) is 16.3. The molecule has 0 unspecified atom stereocenters. The summed E-state index contributed by atoms with van der Waals surface area (Å²) in [5.41, 5.74) is 10.1. The zero-order valence-corrected chi connectivity index (χ0v) is 68.0. The van der Waals surface area contributed by atoms with Gasteiger partial charge in [0, 0.05) is 34.1 Å². The third-order valence-electron chi connectivity index (χ3n) is 18.9. The Kier molecular flexibility index (Phi) is 31.7. The predicted molar refractivity (Wildman–Crippen MR) is 432 cm³/mol. The number of ether oxygens (including phenoxy) is 2. The van der Waals surface area contributed by atoms with Crippen LogP contribution >= 0.6 is 42.4 Å². The third kappa shape index (κ3) is 26.6. The topological polar surface area (TPSA) is 93.2 Å². The first-order valence-electron chi connectivity index (χ1n) is 35.9. The molecule has 4 aliphatic rings. The summed E-state index contributed by atoms with van der Waals surface area (Å²) in [6, 6.07) is 70.2. The van der Waals surface area contributed by atoms with E-state index in [9.17, 15) is 42.0 Å². The van der Waals surface area contributed by atoms with Crippen LogP contribution in [0.15, 0.2) is 254 Å². The van der Waals surface area contributed by atoms with Gasteiger partial charge >= 0.3 is 195 Å². The minimum atomic E-state index is -10.7. The van der Waals surface area contributed by atoms with Gasteiger partial charge in [-0.15, -0.1) is 13.2 Å². The number of rotatable bonds is 22. The predicted octanol–water partition coefficient (Wildman–Crippen LogP) is 22.9. The molecule has 0 spiro atoms. The van der Waals surface area contributed by atoms with Crippen molar-refractivity contribution in [2.24, 2.45) is 0 Å². The van der Waals surface area contributed by atoms with Crippen molar-refractivity contribution in [3.63, 3.8) is 0 Å². The summed E-state index contributed by atoms with van der Waals surface area (Å²) < 4.78 is 125. The van der Waals surface area contributed by atoms with Crippen LogP contribution in [-0.2, 0) is 40.2 Å². The van der Waals surface area contributed by atoms with Gasteiger partial charge in [-0.25, -0.2) is 16.8 Å². The molecule has 0 N–H and O–H groups in total. The van der Waals surface area contributed by atoms with E-state index in [0.29, 0.717) is 29.5 Å². The summed E-state index contributed by atoms with van der Waals surface area (Å²) in [5.74, 6) is 1.51. The van der Waals surface area contributed by atoms with Gasteiger partial charge in [-0.3, -0.25) is 0 Å². The second kappa shape index (κ2) is 39.1. The van der Waals surface area contributed by atoms with E-state index in [4.69, 9.17) is 28.9 Å². The van der Waals surface area contributed by atoms with E-state index < -0.39 is 48.6 Å². The maximum atomic E-state index is 12.3. The Hall–Kier alpha value is -5.66. The Labute approximate surface area is 635 Å². The van der Waals surface area contributed by atoms with Crippen molar-refractivity contribution in [1.82, 2.24) is 8.61 Å². The van der Waals surface area contributed by atoms with Crippen molar-refractivity contribution in [2.75, 3.05) is 26.2 Å². The van der Waals surface area contributed by atoms with Gasteiger partial charge in [-0.2, -0.15) is 8.61 Å². The first-order valence-corrected chi connectivity index (χ1v) is 49.8. The first-order chi connectivity index (χ1) is 50.0. The fraction of sp³-hybridized carbons (Fsp3) is 0.337. The molecule has 568 valence electrons. The van der Waals surface area contributed by atoms with Gasteiger partial charge in [0.25, 0.3) is 0 Å². The third-order valence-corrected chi connectivity index (χ3v) is 33.3. The summed E-state index contributed by atoms with van der Waals surface area (Å²) in [5, 5.41) is 5.35. The van der Waals surface area contributed by atoms with Gasteiger partial charge in [0.05, 0.1) is 26.8 Å². The zero-order chi connectivity index (χ0) is 75.7. The molecular weight excluding hydrogens is 1560 g/mol. The molecule has 0 saturated heterocycles. The van der Waals surface area contributed by atoms with E-state index in [1.165, 1.54) is 52.4 Å². The van der Waals surface area contributed by atoms with Crippen molar-refractivity contribution in [3.05, 3.63) is 266 Å². The van der Waals surface area contributed by atoms with Gasteiger partial charge in [-0.05, 0) is 164 Å². The molecule has 3 aliphatic carbocycles. The van der Waals surface area contributed by atoms with Crippen LogP contribution in [0, 0.1) is 13.8 Å². The van der Waals surface area contributed by atoms with Gasteiger partial charge in [0.2, 0.25) is 20.0 Å². The van der Waals surface area contributed by atoms with Crippen LogP contribution in [-0.4, -0.2) is 79.3 Å². The molecule has 0 radical (unpaired) electrons. The minimum absolute atomic E-state index is 0.0465. The molecule has 8 aromatic carbocycles. The molecule has 8 aromatic rings. The molecule has 0 atom stereocenters. The van der Waals surface area contributed by atoms with Gasteiger partial charge in [-0.1, -0.05) is 134 Å². The number of hydrogen-bond acceptors (Lipinski definition) is 6. The van der Waals surface area contributed by atoms with Gasteiger partial charge in [0.15, 0.2) is 0 Å². The SMILES string of the molecule is C1CCC([PH+](C2CCCCC2)C2CCCCC2)CC1.C=CCN(CC=C)S(=O)(=O)c1ccc(C)cc1.CC(C)Oc1ccc(OCc2ccc(-c3ccc([P+](c4ccccc4)(c4ccccc4)c4ccccc4)cc3)cc2)cc1[CH]=[Ru]([Cl])[Cl].Cc1ccc(S(=O)(=O)N2CC=CC2)cc1.F[P-](F)(F)(F)(F)F. The van der Waals surface area contributed by atoms with E-state index in [1.54, 1.807) is 145 Å². The quantitative estimate of drug-likeness (QED) is 0.0290. The van der Waals surface area contributed by atoms with Crippen LogP contribution in [0.1, 0.15) is 132 Å². The van der Waals surface area contributed by atoms with Crippen molar-refractivity contribution < 1.29 is 65.0 Å². The van der Waals surface area contributed by atoms with Crippen LogP contribution in [0.3, 0.4) is 0 Å². The second-order valence-electron chi connectivity index (χ2n) is 27.2. The van der Waals surface area contributed by atoms with Crippen molar-refractivity contribution in [1.29, 1.82) is 0 Å². The molecule has 8 nitrogen and oxygen atoms in total. The number of benzene rings is 8. The van der Waals surface area contributed by atoms with Crippen LogP contribution in [0.5, 0.6) is 11.5 Å². The van der Waals surface area contributed by atoms with E-state index in [1.807, 2.05) is 74.8 Å². The average Bonchev–Trinajstić information content (AvgIpc) is 0.914. The summed E-state index contributed by atoms with van der Waals surface area (Å²) in [6.45, 7) is 17.0. The standard InChI is InChI=1S/C41H36O2P.C18H33P.C13H17NO2S.C11H13NO2S.2ClH.F6P.Ru/c1-31(2)43-41-28-25-36(29-32(41)3)42-30-33-19-21-34(22-20-33)35-23-26-40(27-24-35)44(37-13-7-4-8-14-37,38-15-9-5-10-16-38)39-17-11-6-12-18-39;1-4-10-16(11-5-1)19(17-12-6-2-7-13-17)18-14-8-3-9-15-18;1-4-10-14(11-5-2)17(15,16)13-8-6-12(3)7-9-13;1-10-4-6-11(7-5-10)15(13,14)12-8-2-3-9-12;;;1-7(2,3,4,5)6;/h3-29,31H,30H2,1-2H3;16-18H,1-15H2;4-9H,1-2,10-11H2,3H3;2-7H,8-9H2,1H3;2*1H;;/q+1;;;;;;-1;+2/p-1. The molecule has 1 heterocycles. The van der Waals surface area contributed by atoms with Crippen molar-refractivity contribution >= 4 is 88.2 Å². The van der Waals surface area contributed by atoms with Crippen molar-refractivity contribution in [2.45, 2.75) is 163 Å². The fourth-order valence-electron chi connectivity index (χ4n) is 14.1. The summed E-state index contributed by atoms with van der Waals surface area (Å²) in [7, 11) is -7.19. The summed E-state index contributed by atoms with van der Waals surface area (Å²) in [6.07, 6.45) is 30.7. The molecule has 0 amide bonds. The van der Waals surface area contributed by atoms with Crippen LogP contribution < -0.4 is 30.7 Å². The number of hydrogen-bond donors (Lipinski definition) is 0. The summed E-state index contributed by atoms with van der Waals surface area (Å²) in [4.78, 5) is 0.670. The Balaban J connectivity index is 0.000000196. The molecule has 0 bridgehead atoms. The van der Waals surface area contributed by atoms with Crippen molar-refractivity contribution in [3.8, 4) is 22.6 Å². The number of aryl methyl sites for hydroxylation is 2. The second-order valence-corrected chi connectivity index (χ2v) is 45.5. The molecule has 12 rings (SSSR count). The molecule has 3 fully saturated rings. The molecule has 105 heavy (non-hydrogen) atoms. The maximum absolute atomic E-state index is 12.3. The van der Waals surface area contributed by atoms with Gasteiger partial charge in [0.1, 0.15) is 28.5 Å². The molecule has 3 saturated carbocycles. The summed E-state index contributed by atoms with van der Waals surface area (Å²) >= 11 is -2.03. The average molecular weight is 1660 g/mol. The number of sulfonamides is 2. The van der Waals surface area contributed by atoms with Gasteiger partial charge < -0.3 is 0 Å².